The smallest absolute Gasteiger partial charge is 0.241 e. The lowest BCUT2D eigenvalue weighted by molar-refractivity contribution is 0.414. The molecule has 0 saturated carbocycles. The molecule has 6 nitrogen and oxygen atoms in total. The Morgan fingerprint density at radius 2 is 1.77 bits per heavy atom. The zero-order chi connectivity index (χ0) is 18.7. The van der Waals surface area contributed by atoms with Crippen molar-refractivity contribution in [3.8, 4) is 5.75 Å². The van der Waals surface area contributed by atoms with Gasteiger partial charge in [-0.15, -0.1) is 0 Å². The quantitative estimate of drug-likeness (QED) is 0.719. The molecule has 0 aliphatic heterocycles. The van der Waals surface area contributed by atoms with Gasteiger partial charge in [0.25, 0.3) is 0 Å². The molecule has 0 unspecified atom stereocenters. The monoisotopic (exact) mass is 375 g/mol. The molecule has 1 N–H and O–H groups in total. The Hall–Kier alpha value is -2.71. The van der Waals surface area contributed by atoms with Gasteiger partial charge in [0.1, 0.15) is 23.4 Å². The van der Waals surface area contributed by atoms with Gasteiger partial charge in [-0.25, -0.2) is 17.8 Å². The summed E-state index contributed by atoms with van der Waals surface area (Å²) in [4.78, 5) is 4.34. The summed E-state index contributed by atoms with van der Waals surface area (Å²) in [5, 5.41) is 0. The molecule has 0 aliphatic rings. The van der Waals surface area contributed by atoms with Gasteiger partial charge in [0.2, 0.25) is 10.0 Å². The van der Waals surface area contributed by atoms with Gasteiger partial charge in [-0.3, -0.25) is 0 Å². The van der Waals surface area contributed by atoms with E-state index in [9.17, 15) is 12.8 Å². The van der Waals surface area contributed by atoms with Crippen LogP contribution >= 0.6 is 0 Å². The largest absolute Gasteiger partial charge is 0.497 e. The molecule has 136 valence electrons. The summed E-state index contributed by atoms with van der Waals surface area (Å²) in [7, 11) is -0.566. The third kappa shape index (κ3) is 3.76. The highest BCUT2D eigenvalue weighted by atomic mass is 32.2. The Morgan fingerprint density at radius 3 is 2.31 bits per heavy atom. The summed E-state index contributed by atoms with van der Waals surface area (Å²) in [5.41, 5.74) is 0.581. The van der Waals surface area contributed by atoms with Gasteiger partial charge in [-0.2, -0.15) is 4.72 Å². The fourth-order valence-electron chi connectivity index (χ4n) is 2.56. The second-order valence-electron chi connectivity index (χ2n) is 5.68. The normalized spacial score (nSPS) is 12.7. The van der Waals surface area contributed by atoms with Crippen molar-refractivity contribution in [3.63, 3.8) is 0 Å². The fraction of sp³-hybridized carbons (Fsp3) is 0.167. The second kappa shape index (κ2) is 7.27. The molecular weight excluding hydrogens is 357 g/mol. The van der Waals surface area contributed by atoms with Crippen LogP contribution in [0.15, 0.2) is 65.8 Å². The molecule has 1 atom stereocenters. The van der Waals surface area contributed by atoms with Crippen molar-refractivity contribution in [2.45, 2.75) is 10.9 Å². The van der Waals surface area contributed by atoms with Crippen LogP contribution in [0, 0.1) is 5.82 Å². The number of nitrogens with zero attached hydrogens (tertiary/aromatic N) is 2. The summed E-state index contributed by atoms with van der Waals surface area (Å²) in [6, 6.07) is 10.9. The molecule has 0 saturated heterocycles. The van der Waals surface area contributed by atoms with Crippen LogP contribution in [0.2, 0.25) is 0 Å². The van der Waals surface area contributed by atoms with Crippen LogP contribution < -0.4 is 9.46 Å². The van der Waals surface area contributed by atoms with Crippen LogP contribution in [0.5, 0.6) is 5.75 Å². The number of hydrogen-bond acceptors (Lipinski definition) is 4. The number of methoxy groups -OCH3 is 1. The van der Waals surface area contributed by atoms with Crippen LogP contribution in [-0.4, -0.2) is 25.1 Å². The lowest BCUT2D eigenvalue weighted by Gasteiger charge is -2.19. The number of aromatic nitrogens is 2. The molecule has 0 radical (unpaired) electrons. The minimum absolute atomic E-state index is 0.0969. The number of aryl methyl sites for hydroxylation is 1. The van der Waals surface area contributed by atoms with Crippen molar-refractivity contribution in [2.24, 2.45) is 7.05 Å². The van der Waals surface area contributed by atoms with Crippen molar-refractivity contribution >= 4 is 10.0 Å². The molecule has 8 heteroatoms. The number of rotatable bonds is 6. The molecule has 1 heterocycles. The number of sulfonamides is 1. The molecule has 26 heavy (non-hydrogen) atoms. The topological polar surface area (TPSA) is 73.2 Å². The maximum atomic E-state index is 13.3. The maximum absolute atomic E-state index is 13.3. The first-order chi connectivity index (χ1) is 12.4. The van der Waals surface area contributed by atoms with Crippen molar-refractivity contribution in [1.29, 1.82) is 0 Å². The first-order valence-corrected chi connectivity index (χ1v) is 9.28. The molecule has 0 amide bonds. The Balaban J connectivity index is 1.99. The number of imidazole rings is 1. The average molecular weight is 375 g/mol. The summed E-state index contributed by atoms with van der Waals surface area (Å²) in [6.07, 6.45) is 3.29. The van der Waals surface area contributed by atoms with E-state index in [1.807, 2.05) is 0 Å². The van der Waals surface area contributed by atoms with Crippen molar-refractivity contribution < 1.29 is 17.5 Å². The molecule has 0 aliphatic carbocycles. The maximum Gasteiger partial charge on any atom is 0.241 e. The van der Waals surface area contributed by atoms with Crippen molar-refractivity contribution in [3.05, 3.63) is 78.1 Å². The number of nitrogens with one attached hydrogen (secondary N) is 1. The Bertz CT molecular complexity index is 983. The highest BCUT2D eigenvalue weighted by Gasteiger charge is 2.25. The van der Waals surface area contributed by atoms with Crippen LogP contribution in [0.4, 0.5) is 4.39 Å². The Labute approximate surface area is 151 Å². The van der Waals surface area contributed by atoms with Gasteiger partial charge in [-0.1, -0.05) is 12.1 Å². The summed E-state index contributed by atoms with van der Waals surface area (Å²) in [6.45, 7) is 0. The lowest BCUT2D eigenvalue weighted by Crippen LogP contribution is -2.31. The van der Waals surface area contributed by atoms with E-state index in [4.69, 9.17) is 4.74 Å². The van der Waals surface area contributed by atoms with E-state index in [1.165, 1.54) is 43.5 Å². The predicted molar refractivity (Wildman–Crippen MR) is 94.8 cm³/mol. The standard InChI is InChI=1S/C18H18FN3O3S/c1-22-12-11-20-18(22)17(13-3-5-14(19)6-4-13)21-26(23,24)16-9-7-15(25-2)8-10-16/h3-12,17,21H,1-2H3/t17-/m1/s1. The molecule has 0 bridgehead atoms. The molecule has 2 aromatic carbocycles. The van der Waals surface area contributed by atoms with E-state index >= 15 is 0 Å². The first-order valence-electron chi connectivity index (χ1n) is 7.80. The third-order valence-electron chi connectivity index (χ3n) is 3.96. The molecule has 1 aromatic heterocycles. The van der Waals surface area contributed by atoms with Gasteiger partial charge < -0.3 is 9.30 Å². The van der Waals surface area contributed by atoms with E-state index in [-0.39, 0.29) is 4.90 Å². The van der Waals surface area contributed by atoms with Crippen LogP contribution in [0.25, 0.3) is 0 Å². The molecule has 0 fully saturated rings. The van der Waals surface area contributed by atoms with E-state index in [1.54, 1.807) is 36.1 Å². The molecule has 3 rings (SSSR count). The summed E-state index contributed by atoms with van der Waals surface area (Å²) < 4.78 is 48.3. The number of hydrogen-bond donors (Lipinski definition) is 1. The minimum Gasteiger partial charge on any atom is -0.497 e. The van der Waals surface area contributed by atoms with Crippen LogP contribution in [0.3, 0.4) is 0 Å². The van der Waals surface area contributed by atoms with Gasteiger partial charge in [-0.05, 0) is 42.0 Å². The fourth-order valence-corrected chi connectivity index (χ4v) is 3.74. The molecule has 3 aromatic rings. The summed E-state index contributed by atoms with van der Waals surface area (Å²) >= 11 is 0. The number of benzene rings is 2. The predicted octanol–water partition coefficient (Wildman–Crippen LogP) is 2.64. The lowest BCUT2D eigenvalue weighted by atomic mass is 10.1. The minimum atomic E-state index is -3.84. The van der Waals surface area contributed by atoms with Crippen LogP contribution in [-0.2, 0) is 17.1 Å². The highest BCUT2D eigenvalue weighted by Crippen LogP contribution is 2.24. The second-order valence-corrected chi connectivity index (χ2v) is 7.39. The van der Waals surface area contributed by atoms with Crippen LogP contribution in [0.1, 0.15) is 17.4 Å². The number of halogens is 1. The SMILES string of the molecule is COc1ccc(S(=O)(=O)N[C@H](c2ccc(F)cc2)c2nccn2C)cc1. The van der Waals surface area contributed by atoms with Gasteiger partial charge in [0, 0.05) is 19.4 Å². The third-order valence-corrected chi connectivity index (χ3v) is 5.40. The zero-order valence-electron chi connectivity index (χ0n) is 14.3. The average Bonchev–Trinajstić information content (AvgIpc) is 3.06. The van der Waals surface area contributed by atoms with Gasteiger partial charge in [0.05, 0.1) is 12.0 Å². The van der Waals surface area contributed by atoms with Crippen molar-refractivity contribution in [2.75, 3.05) is 7.11 Å². The highest BCUT2D eigenvalue weighted by molar-refractivity contribution is 7.89. The van der Waals surface area contributed by atoms with Gasteiger partial charge in [0.15, 0.2) is 0 Å². The Kier molecular flexibility index (Phi) is 5.06. The van der Waals surface area contributed by atoms with E-state index in [0.717, 1.165) is 0 Å². The van der Waals surface area contributed by atoms with Gasteiger partial charge >= 0.3 is 0 Å². The van der Waals surface area contributed by atoms with E-state index in [0.29, 0.717) is 17.1 Å². The first kappa shape index (κ1) is 18.1. The van der Waals surface area contributed by atoms with E-state index < -0.39 is 21.9 Å². The summed E-state index contributed by atoms with van der Waals surface area (Å²) in [5.74, 6) is 0.655. The number of ether oxygens (including phenoxy) is 1. The van der Waals surface area contributed by atoms with Crippen molar-refractivity contribution in [1.82, 2.24) is 14.3 Å². The zero-order valence-corrected chi connectivity index (χ0v) is 15.1. The molecular formula is C18H18FN3O3S. The van der Waals surface area contributed by atoms with E-state index in [2.05, 4.69) is 9.71 Å². The Morgan fingerprint density at radius 1 is 1.12 bits per heavy atom. The molecule has 0 spiro atoms.